The fourth-order valence-electron chi connectivity index (χ4n) is 2.73. The summed E-state index contributed by atoms with van der Waals surface area (Å²) in [7, 11) is 3.52. The summed E-state index contributed by atoms with van der Waals surface area (Å²) in [5.74, 6) is -0.916. The number of hydrogen-bond donors (Lipinski definition) is 3. The van der Waals surface area contributed by atoms with Crippen molar-refractivity contribution >= 4 is 11.8 Å². The van der Waals surface area contributed by atoms with Crippen LogP contribution in [0.4, 0.5) is 13.2 Å². The molecular weight excluding hydrogens is 365 g/mol. The van der Waals surface area contributed by atoms with Crippen LogP contribution in [0.5, 0.6) is 5.75 Å². The topological polar surface area (TPSA) is 82.7 Å². The molecule has 1 aliphatic heterocycles. The van der Waals surface area contributed by atoms with E-state index in [1.165, 1.54) is 24.3 Å². The molecule has 2 amide bonds. The van der Waals surface area contributed by atoms with Crippen LogP contribution in [-0.4, -0.2) is 49.5 Å². The second-order valence-corrected chi connectivity index (χ2v) is 6.44. The number of ether oxygens (including phenoxy) is 1. The minimum Gasteiger partial charge on any atom is -0.406 e. The van der Waals surface area contributed by atoms with Crippen LogP contribution in [0, 0.1) is 0 Å². The zero-order valence-electron chi connectivity index (χ0n) is 15.3. The average Bonchev–Trinajstić information content (AvgIpc) is 2.58. The van der Waals surface area contributed by atoms with Gasteiger partial charge in [-0.05, 0) is 38.2 Å². The Balaban J connectivity index is 2.03. The van der Waals surface area contributed by atoms with Gasteiger partial charge in [-0.25, -0.2) is 0 Å². The van der Waals surface area contributed by atoms with Crippen molar-refractivity contribution in [2.45, 2.75) is 44.5 Å². The number of hydrogen-bond acceptors (Lipinski definition) is 5. The molecule has 0 saturated carbocycles. The molecule has 0 spiro atoms. The molecule has 0 bridgehead atoms. The first-order valence-electron chi connectivity index (χ1n) is 8.47. The van der Waals surface area contributed by atoms with Crippen molar-refractivity contribution in [3.05, 3.63) is 29.8 Å². The Labute approximate surface area is 155 Å². The summed E-state index contributed by atoms with van der Waals surface area (Å²) in [5.41, 5.74) is 0.643. The molecule has 7 nitrogen and oxygen atoms in total. The predicted octanol–water partition coefficient (Wildman–Crippen LogP) is 1.48. The van der Waals surface area contributed by atoms with Gasteiger partial charge in [0.05, 0.1) is 18.5 Å². The number of carbonyl (C=O) groups is 2. The predicted molar refractivity (Wildman–Crippen MR) is 91.5 cm³/mol. The maximum absolute atomic E-state index is 12.6. The molecule has 27 heavy (non-hydrogen) atoms. The fourth-order valence-corrected chi connectivity index (χ4v) is 2.73. The molecule has 1 heterocycles. The van der Waals surface area contributed by atoms with Crippen LogP contribution in [0.2, 0.25) is 0 Å². The maximum Gasteiger partial charge on any atom is 0.573 e. The number of nitrogens with zero attached hydrogens (tertiary/aromatic N) is 1. The highest BCUT2D eigenvalue weighted by Crippen LogP contribution is 2.25. The minimum atomic E-state index is -4.75. The Morgan fingerprint density at radius 2 is 1.96 bits per heavy atom. The van der Waals surface area contributed by atoms with Crippen molar-refractivity contribution in [2.24, 2.45) is 0 Å². The van der Waals surface area contributed by atoms with E-state index in [1.54, 1.807) is 19.0 Å². The van der Waals surface area contributed by atoms with E-state index in [0.717, 1.165) is 0 Å². The maximum atomic E-state index is 12.6. The van der Waals surface area contributed by atoms with Crippen molar-refractivity contribution < 1.29 is 27.5 Å². The Bertz CT molecular complexity index is 664. The first-order valence-corrected chi connectivity index (χ1v) is 8.47. The molecule has 1 aromatic rings. The molecule has 3 atom stereocenters. The van der Waals surface area contributed by atoms with Gasteiger partial charge < -0.3 is 15.4 Å². The third-order valence-corrected chi connectivity index (χ3v) is 4.12. The van der Waals surface area contributed by atoms with E-state index in [1.807, 2.05) is 6.92 Å². The summed E-state index contributed by atoms with van der Waals surface area (Å²) in [5, 5.41) is 8.59. The Hall–Kier alpha value is -2.33. The third-order valence-electron chi connectivity index (χ3n) is 4.12. The van der Waals surface area contributed by atoms with E-state index in [4.69, 9.17) is 0 Å². The first-order chi connectivity index (χ1) is 12.6. The van der Waals surface area contributed by atoms with Crippen molar-refractivity contribution in [3.8, 4) is 5.75 Å². The largest absolute Gasteiger partial charge is 0.573 e. The van der Waals surface area contributed by atoms with Gasteiger partial charge in [0.25, 0.3) is 0 Å². The highest BCUT2D eigenvalue weighted by Gasteiger charge is 2.33. The number of carbonyl (C=O) groups excluding carboxylic acids is 2. The molecule has 1 fully saturated rings. The van der Waals surface area contributed by atoms with E-state index in [0.29, 0.717) is 12.0 Å². The number of rotatable bonds is 6. The second kappa shape index (κ2) is 8.57. The van der Waals surface area contributed by atoms with E-state index in [-0.39, 0.29) is 24.0 Å². The van der Waals surface area contributed by atoms with Crippen LogP contribution in [-0.2, 0) is 9.59 Å². The molecule has 1 saturated heterocycles. The van der Waals surface area contributed by atoms with E-state index in [9.17, 15) is 22.8 Å². The molecular formula is C17H23F3N4O3. The van der Waals surface area contributed by atoms with Gasteiger partial charge in [0.2, 0.25) is 11.8 Å². The number of alkyl halides is 3. The SMILES string of the molecule is CC[C@@H](NC(=O)C1CC(=O)NC(N(C)C)N1)c1ccc(OC(F)(F)F)cc1. The quantitative estimate of drug-likeness (QED) is 0.688. The molecule has 1 aromatic carbocycles. The zero-order valence-corrected chi connectivity index (χ0v) is 15.3. The smallest absolute Gasteiger partial charge is 0.406 e. The van der Waals surface area contributed by atoms with Gasteiger partial charge in [0, 0.05) is 0 Å². The summed E-state index contributed by atoms with van der Waals surface area (Å²) in [6.45, 7) is 1.84. The normalized spacial score (nSPS) is 21.5. The molecule has 150 valence electrons. The van der Waals surface area contributed by atoms with E-state index < -0.39 is 24.7 Å². The summed E-state index contributed by atoms with van der Waals surface area (Å²) >= 11 is 0. The standard InChI is InChI=1S/C17H23F3N4O3/c1-4-12(10-5-7-11(8-6-10)27-17(18,19)20)21-15(26)13-9-14(25)23-16(22-13)24(2)3/h5-8,12-13,16,22H,4,9H2,1-3H3,(H,21,26)(H,23,25)/t12-,13?,16?/m1/s1. The van der Waals surface area contributed by atoms with Crippen LogP contribution in [0.3, 0.4) is 0 Å². The minimum absolute atomic E-state index is 0.00493. The Morgan fingerprint density at radius 1 is 1.33 bits per heavy atom. The molecule has 2 unspecified atom stereocenters. The first kappa shape index (κ1) is 21.0. The van der Waals surface area contributed by atoms with Gasteiger partial charge in [0.1, 0.15) is 12.0 Å². The van der Waals surface area contributed by atoms with Crippen molar-refractivity contribution in [1.82, 2.24) is 20.9 Å². The molecule has 10 heteroatoms. The fraction of sp³-hybridized carbons (Fsp3) is 0.529. The van der Waals surface area contributed by atoms with E-state index in [2.05, 4.69) is 20.7 Å². The van der Waals surface area contributed by atoms with Crippen molar-refractivity contribution in [1.29, 1.82) is 0 Å². The van der Waals surface area contributed by atoms with E-state index >= 15 is 0 Å². The highest BCUT2D eigenvalue weighted by atomic mass is 19.4. The van der Waals surface area contributed by atoms with Crippen LogP contribution >= 0.6 is 0 Å². The van der Waals surface area contributed by atoms with Gasteiger partial charge in [-0.2, -0.15) is 0 Å². The lowest BCUT2D eigenvalue weighted by Gasteiger charge is -2.35. The summed E-state index contributed by atoms with van der Waals surface area (Å²) in [6, 6.07) is 4.24. The number of nitrogens with one attached hydrogen (secondary N) is 3. The lowest BCUT2D eigenvalue weighted by Crippen LogP contribution is -2.65. The lowest BCUT2D eigenvalue weighted by atomic mass is 10.0. The molecule has 3 N–H and O–H groups in total. The molecule has 1 aliphatic rings. The Kier molecular flexibility index (Phi) is 6.66. The van der Waals surface area contributed by atoms with Crippen LogP contribution in [0.25, 0.3) is 0 Å². The second-order valence-electron chi connectivity index (χ2n) is 6.44. The van der Waals surface area contributed by atoms with Gasteiger partial charge >= 0.3 is 6.36 Å². The molecule has 2 rings (SSSR count). The average molecular weight is 388 g/mol. The van der Waals surface area contributed by atoms with Crippen LogP contribution < -0.4 is 20.7 Å². The number of benzene rings is 1. The third kappa shape index (κ3) is 6.10. The number of halogens is 3. The Morgan fingerprint density at radius 3 is 2.48 bits per heavy atom. The molecule has 0 radical (unpaired) electrons. The zero-order chi connectivity index (χ0) is 20.2. The van der Waals surface area contributed by atoms with Crippen LogP contribution in [0.1, 0.15) is 31.4 Å². The van der Waals surface area contributed by atoms with Gasteiger partial charge in [-0.15, -0.1) is 13.2 Å². The summed E-state index contributed by atoms with van der Waals surface area (Å²) in [6.07, 6.45) is -4.68. The van der Waals surface area contributed by atoms with Gasteiger partial charge in [-0.1, -0.05) is 19.1 Å². The number of amides is 2. The summed E-state index contributed by atoms with van der Waals surface area (Å²) < 4.78 is 40.6. The van der Waals surface area contributed by atoms with Gasteiger partial charge in [0.15, 0.2) is 0 Å². The summed E-state index contributed by atoms with van der Waals surface area (Å²) in [4.78, 5) is 26.1. The van der Waals surface area contributed by atoms with Crippen molar-refractivity contribution in [3.63, 3.8) is 0 Å². The highest BCUT2D eigenvalue weighted by molar-refractivity contribution is 5.89. The van der Waals surface area contributed by atoms with Crippen molar-refractivity contribution in [2.75, 3.05) is 14.1 Å². The monoisotopic (exact) mass is 388 g/mol. The van der Waals surface area contributed by atoms with Gasteiger partial charge in [-0.3, -0.25) is 19.8 Å². The lowest BCUT2D eigenvalue weighted by molar-refractivity contribution is -0.274. The molecule has 0 aliphatic carbocycles. The molecule has 0 aromatic heterocycles. The van der Waals surface area contributed by atoms with Crippen LogP contribution in [0.15, 0.2) is 24.3 Å².